The third-order valence-electron chi connectivity index (χ3n) is 4.13. The van der Waals surface area contributed by atoms with Gasteiger partial charge in [-0.1, -0.05) is 12.8 Å². The number of fused-ring (bicyclic) bond motifs is 2. The highest BCUT2D eigenvalue weighted by molar-refractivity contribution is 8.00. The van der Waals surface area contributed by atoms with Gasteiger partial charge in [0.05, 0.1) is 0 Å². The number of thioether (sulfide) groups is 1. The molecule has 4 atom stereocenters. The molecule has 0 N–H and O–H groups in total. The largest absolute Gasteiger partial charge is 0.155 e. The van der Waals surface area contributed by atoms with Crippen LogP contribution in [0.25, 0.3) is 0 Å². The van der Waals surface area contributed by atoms with Gasteiger partial charge in [0.1, 0.15) is 0 Å². The molecule has 0 spiro atoms. The average molecular weight is 182 g/mol. The van der Waals surface area contributed by atoms with Crippen LogP contribution in [0.5, 0.6) is 0 Å². The molecule has 68 valence electrons. The summed E-state index contributed by atoms with van der Waals surface area (Å²) in [6.45, 7) is 0. The topological polar surface area (TPSA) is 0 Å². The summed E-state index contributed by atoms with van der Waals surface area (Å²) in [6.07, 6.45) is 10.9. The fourth-order valence-corrected chi connectivity index (χ4v) is 5.51. The van der Waals surface area contributed by atoms with Crippen LogP contribution < -0.4 is 0 Å². The summed E-state index contributed by atoms with van der Waals surface area (Å²) in [5.41, 5.74) is 0. The molecule has 0 unspecified atom stereocenters. The summed E-state index contributed by atoms with van der Waals surface area (Å²) in [5, 5.41) is 2.17. The first-order chi connectivity index (χ1) is 5.93. The lowest BCUT2D eigenvalue weighted by atomic mass is 9.91. The van der Waals surface area contributed by atoms with E-state index in [0.29, 0.717) is 0 Å². The normalized spacial score (nSPS) is 52.0. The maximum absolute atomic E-state index is 2.37. The predicted molar refractivity (Wildman–Crippen MR) is 54.5 cm³/mol. The molecule has 2 aliphatic carbocycles. The number of hydrogen-bond donors (Lipinski definition) is 0. The molecule has 1 saturated heterocycles. The van der Waals surface area contributed by atoms with Crippen molar-refractivity contribution in [1.29, 1.82) is 0 Å². The highest BCUT2D eigenvalue weighted by Gasteiger charge is 2.41. The van der Waals surface area contributed by atoms with Gasteiger partial charge in [0.15, 0.2) is 0 Å². The van der Waals surface area contributed by atoms with Gasteiger partial charge in [0.25, 0.3) is 0 Å². The number of rotatable bonds is 0. The van der Waals surface area contributed by atoms with Crippen molar-refractivity contribution >= 4 is 11.8 Å². The molecule has 0 radical (unpaired) electrons. The molecule has 3 rings (SSSR count). The Balaban J connectivity index is 1.75. The Morgan fingerprint density at radius 2 is 1.33 bits per heavy atom. The molecule has 0 amide bonds. The third-order valence-corrected chi connectivity index (χ3v) is 6.07. The van der Waals surface area contributed by atoms with Crippen LogP contribution in [-0.4, -0.2) is 10.5 Å². The highest BCUT2D eigenvalue weighted by atomic mass is 32.2. The zero-order chi connectivity index (χ0) is 7.97. The molecule has 1 aliphatic heterocycles. The van der Waals surface area contributed by atoms with E-state index in [0.717, 1.165) is 22.3 Å². The average Bonchev–Trinajstić information content (AvgIpc) is 2.64. The van der Waals surface area contributed by atoms with E-state index in [1.54, 1.807) is 32.1 Å². The lowest BCUT2D eigenvalue weighted by molar-refractivity contribution is 0.375. The molecule has 1 heteroatoms. The molecular weight excluding hydrogens is 164 g/mol. The Hall–Kier alpha value is 0.350. The zero-order valence-corrected chi connectivity index (χ0v) is 8.48. The fourth-order valence-electron chi connectivity index (χ4n) is 3.52. The van der Waals surface area contributed by atoms with Gasteiger partial charge in [-0.25, -0.2) is 0 Å². The molecule has 1 heterocycles. The Bertz CT molecular complexity index is 142. The van der Waals surface area contributed by atoms with Crippen LogP contribution in [0.15, 0.2) is 0 Å². The minimum Gasteiger partial charge on any atom is -0.155 e. The molecule has 0 aromatic heterocycles. The Morgan fingerprint density at radius 1 is 0.750 bits per heavy atom. The van der Waals surface area contributed by atoms with E-state index in [9.17, 15) is 0 Å². The summed E-state index contributed by atoms with van der Waals surface area (Å²) in [7, 11) is 0. The SMILES string of the molecule is C1C[C@H]2C[C@@H]3CCC[C@H]3S[C@@H]2C1. The molecule has 0 aromatic carbocycles. The first-order valence-corrected chi connectivity index (χ1v) is 6.53. The second kappa shape index (κ2) is 2.94. The summed E-state index contributed by atoms with van der Waals surface area (Å²) in [6, 6.07) is 0. The van der Waals surface area contributed by atoms with E-state index in [2.05, 4.69) is 11.8 Å². The van der Waals surface area contributed by atoms with Gasteiger partial charge >= 0.3 is 0 Å². The third kappa shape index (κ3) is 1.13. The van der Waals surface area contributed by atoms with Crippen LogP contribution in [0, 0.1) is 11.8 Å². The molecule has 3 aliphatic rings. The van der Waals surface area contributed by atoms with Crippen LogP contribution in [0.2, 0.25) is 0 Å². The van der Waals surface area contributed by atoms with Crippen molar-refractivity contribution < 1.29 is 0 Å². The Morgan fingerprint density at radius 3 is 1.92 bits per heavy atom. The van der Waals surface area contributed by atoms with Crippen LogP contribution in [0.3, 0.4) is 0 Å². The van der Waals surface area contributed by atoms with Crippen molar-refractivity contribution in [1.82, 2.24) is 0 Å². The molecule has 12 heavy (non-hydrogen) atoms. The lowest BCUT2D eigenvalue weighted by Gasteiger charge is -2.34. The van der Waals surface area contributed by atoms with E-state index in [1.807, 2.05) is 0 Å². The fraction of sp³-hybridized carbons (Fsp3) is 1.00. The van der Waals surface area contributed by atoms with E-state index < -0.39 is 0 Å². The van der Waals surface area contributed by atoms with E-state index in [1.165, 1.54) is 12.8 Å². The molecule has 0 aromatic rings. The van der Waals surface area contributed by atoms with Gasteiger partial charge in [-0.15, -0.1) is 0 Å². The summed E-state index contributed by atoms with van der Waals surface area (Å²) >= 11 is 2.37. The number of hydrogen-bond acceptors (Lipinski definition) is 1. The van der Waals surface area contributed by atoms with Gasteiger partial charge < -0.3 is 0 Å². The van der Waals surface area contributed by atoms with E-state index in [4.69, 9.17) is 0 Å². The first-order valence-electron chi connectivity index (χ1n) is 5.59. The van der Waals surface area contributed by atoms with Gasteiger partial charge in [-0.3, -0.25) is 0 Å². The monoisotopic (exact) mass is 182 g/mol. The predicted octanol–water partition coefficient (Wildman–Crippen LogP) is 3.46. The summed E-state index contributed by atoms with van der Waals surface area (Å²) in [5.74, 6) is 2.27. The van der Waals surface area contributed by atoms with Crippen molar-refractivity contribution in [2.75, 3.05) is 0 Å². The van der Waals surface area contributed by atoms with Crippen LogP contribution in [-0.2, 0) is 0 Å². The van der Waals surface area contributed by atoms with Gasteiger partial charge in [0, 0.05) is 10.5 Å². The second-order valence-corrected chi connectivity index (χ2v) is 6.31. The van der Waals surface area contributed by atoms with Crippen LogP contribution in [0.4, 0.5) is 0 Å². The molecule has 0 nitrogen and oxygen atoms in total. The van der Waals surface area contributed by atoms with E-state index >= 15 is 0 Å². The molecular formula is C11H18S. The molecule has 2 saturated carbocycles. The Kier molecular flexibility index (Phi) is 1.89. The van der Waals surface area contributed by atoms with Crippen LogP contribution >= 0.6 is 11.8 Å². The quantitative estimate of drug-likeness (QED) is 0.553. The standard InChI is InChI=1S/C11H18S/c1-3-8-7-9-4-2-6-11(9)12-10(8)5-1/h8-11H,1-7H2/t8-,9-,10+,11+/m0/s1. The summed E-state index contributed by atoms with van der Waals surface area (Å²) in [4.78, 5) is 0. The van der Waals surface area contributed by atoms with Crippen molar-refractivity contribution in [3.05, 3.63) is 0 Å². The second-order valence-electron chi connectivity index (χ2n) is 4.83. The first kappa shape index (κ1) is 7.73. The van der Waals surface area contributed by atoms with Gasteiger partial charge in [-0.2, -0.15) is 11.8 Å². The maximum atomic E-state index is 2.37. The van der Waals surface area contributed by atoms with Crippen molar-refractivity contribution in [2.45, 2.75) is 55.4 Å². The lowest BCUT2D eigenvalue weighted by Crippen LogP contribution is -2.27. The maximum Gasteiger partial charge on any atom is 0.00783 e. The minimum atomic E-state index is 1.09. The highest BCUT2D eigenvalue weighted by Crippen LogP contribution is 2.52. The molecule has 3 fully saturated rings. The van der Waals surface area contributed by atoms with Crippen molar-refractivity contribution in [3.8, 4) is 0 Å². The van der Waals surface area contributed by atoms with Gasteiger partial charge in [0.2, 0.25) is 0 Å². The molecule has 0 bridgehead atoms. The van der Waals surface area contributed by atoms with E-state index in [-0.39, 0.29) is 0 Å². The van der Waals surface area contributed by atoms with Crippen molar-refractivity contribution in [3.63, 3.8) is 0 Å². The smallest absolute Gasteiger partial charge is 0.00783 e. The minimum absolute atomic E-state index is 1.09. The van der Waals surface area contributed by atoms with Gasteiger partial charge in [-0.05, 0) is 43.9 Å². The zero-order valence-electron chi connectivity index (χ0n) is 7.67. The Labute approximate surface area is 79.5 Å². The summed E-state index contributed by atoms with van der Waals surface area (Å²) < 4.78 is 0. The van der Waals surface area contributed by atoms with Crippen molar-refractivity contribution in [2.24, 2.45) is 11.8 Å². The van der Waals surface area contributed by atoms with Crippen LogP contribution in [0.1, 0.15) is 44.9 Å².